The van der Waals surface area contributed by atoms with E-state index in [2.05, 4.69) is 10.3 Å². The highest BCUT2D eigenvalue weighted by molar-refractivity contribution is 7.13. The Bertz CT molecular complexity index is 875. The highest BCUT2D eigenvalue weighted by Gasteiger charge is 2.08. The molecule has 134 valence electrons. The Labute approximate surface area is 156 Å². The molecule has 0 aliphatic rings. The highest BCUT2D eigenvalue weighted by Crippen LogP contribution is 2.26. The first kappa shape index (κ1) is 17.9. The summed E-state index contributed by atoms with van der Waals surface area (Å²) in [4.78, 5) is 16.8. The summed E-state index contributed by atoms with van der Waals surface area (Å²) in [6.07, 6.45) is 0.683. The van der Waals surface area contributed by atoms with Crippen molar-refractivity contribution in [1.29, 1.82) is 0 Å². The van der Waals surface area contributed by atoms with Crippen molar-refractivity contribution in [2.45, 2.75) is 6.42 Å². The number of ether oxygens (including phenoxy) is 2. The van der Waals surface area contributed by atoms with Crippen LogP contribution in [0.15, 0.2) is 53.9 Å². The lowest BCUT2D eigenvalue weighted by atomic mass is 10.2. The van der Waals surface area contributed by atoms with Crippen molar-refractivity contribution in [3.63, 3.8) is 0 Å². The van der Waals surface area contributed by atoms with Crippen molar-refractivity contribution in [1.82, 2.24) is 10.3 Å². The SMILES string of the molecule is COc1ccc(C(=O)NCCc2csc(-c3cccc(OC)c3)n2)cc1. The van der Waals surface area contributed by atoms with E-state index in [0.29, 0.717) is 18.5 Å². The summed E-state index contributed by atoms with van der Waals surface area (Å²) in [5.74, 6) is 1.44. The van der Waals surface area contributed by atoms with E-state index in [1.54, 1.807) is 49.8 Å². The Kier molecular flexibility index (Phi) is 5.86. The van der Waals surface area contributed by atoms with Gasteiger partial charge >= 0.3 is 0 Å². The summed E-state index contributed by atoms with van der Waals surface area (Å²) < 4.78 is 10.3. The normalized spacial score (nSPS) is 10.4. The van der Waals surface area contributed by atoms with E-state index in [-0.39, 0.29) is 5.91 Å². The zero-order valence-electron chi connectivity index (χ0n) is 14.7. The summed E-state index contributed by atoms with van der Waals surface area (Å²) in [6.45, 7) is 0.534. The number of rotatable bonds is 7. The zero-order chi connectivity index (χ0) is 18.4. The van der Waals surface area contributed by atoms with Gasteiger partial charge < -0.3 is 14.8 Å². The third-order valence-electron chi connectivity index (χ3n) is 3.89. The van der Waals surface area contributed by atoms with Crippen LogP contribution < -0.4 is 14.8 Å². The molecular weight excluding hydrogens is 348 g/mol. The average molecular weight is 368 g/mol. The van der Waals surface area contributed by atoms with Crippen LogP contribution in [0.2, 0.25) is 0 Å². The zero-order valence-corrected chi connectivity index (χ0v) is 15.5. The molecule has 26 heavy (non-hydrogen) atoms. The quantitative estimate of drug-likeness (QED) is 0.689. The van der Waals surface area contributed by atoms with Gasteiger partial charge in [-0.25, -0.2) is 4.98 Å². The first-order valence-electron chi connectivity index (χ1n) is 8.20. The maximum Gasteiger partial charge on any atom is 0.251 e. The van der Waals surface area contributed by atoms with Crippen molar-refractivity contribution in [2.75, 3.05) is 20.8 Å². The lowest BCUT2D eigenvalue weighted by Gasteiger charge is -2.05. The van der Waals surface area contributed by atoms with Gasteiger partial charge in [-0.2, -0.15) is 0 Å². The van der Waals surface area contributed by atoms with Gasteiger partial charge in [0.2, 0.25) is 0 Å². The van der Waals surface area contributed by atoms with Gasteiger partial charge in [0.05, 0.1) is 19.9 Å². The van der Waals surface area contributed by atoms with Gasteiger partial charge in [0, 0.05) is 29.5 Å². The predicted molar refractivity (Wildman–Crippen MR) is 103 cm³/mol. The number of benzene rings is 2. The van der Waals surface area contributed by atoms with Crippen LogP contribution in [-0.4, -0.2) is 31.7 Å². The molecule has 5 nitrogen and oxygen atoms in total. The number of thiazole rings is 1. The maximum atomic E-state index is 12.1. The van der Waals surface area contributed by atoms with Crippen LogP contribution >= 0.6 is 11.3 Å². The molecule has 0 aliphatic carbocycles. The van der Waals surface area contributed by atoms with E-state index < -0.39 is 0 Å². The van der Waals surface area contributed by atoms with Gasteiger partial charge in [0.1, 0.15) is 16.5 Å². The lowest BCUT2D eigenvalue weighted by Crippen LogP contribution is -2.25. The summed E-state index contributed by atoms with van der Waals surface area (Å²) in [5.41, 5.74) is 2.60. The van der Waals surface area contributed by atoms with Crippen LogP contribution in [0.4, 0.5) is 0 Å². The number of hydrogen-bond acceptors (Lipinski definition) is 5. The van der Waals surface area contributed by atoms with Gasteiger partial charge in [0.25, 0.3) is 5.91 Å². The van der Waals surface area contributed by atoms with Crippen molar-refractivity contribution < 1.29 is 14.3 Å². The Morgan fingerprint density at radius 2 is 1.85 bits per heavy atom. The molecule has 1 N–H and O–H groups in total. The Morgan fingerprint density at radius 3 is 2.58 bits per heavy atom. The number of aromatic nitrogens is 1. The average Bonchev–Trinajstić information content (AvgIpc) is 3.17. The Balaban J connectivity index is 1.55. The van der Waals surface area contributed by atoms with E-state index in [4.69, 9.17) is 9.47 Å². The fourth-order valence-electron chi connectivity index (χ4n) is 2.46. The standard InChI is InChI=1S/C20H20N2O3S/c1-24-17-8-6-14(7-9-17)19(23)21-11-10-16-13-26-20(22-16)15-4-3-5-18(12-15)25-2/h3-9,12-13H,10-11H2,1-2H3,(H,21,23). The van der Waals surface area contributed by atoms with Crippen molar-refractivity contribution >= 4 is 17.2 Å². The van der Waals surface area contributed by atoms with Crippen molar-refractivity contribution in [3.8, 4) is 22.1 Å². The number of methoxy groups -OCH3 is 2. The molecule has 0 saturated heterocycles. The number of carbonyl (C=O) groups excluding carboxylic acids is 1. The molecule has 1 amide bonds. The summed E-state index contributed by atoms with van der Waals surface area (Å²) in [5, 5.41) is 5.88. The number of nitrogens with one attached hydrogen (secondary N) is 1. The lowest BCUT2D eigenvalue weighted by molar-refractivity contribution is 0.0954. The Hall–Kier alpha value is -2.86. The van der Waals surface area contributed by atoms with E-state index in [0.717, 1.165) is 27.8 Å². The van der Waals surface area contributed by atoms with Crippen LogP contribution in [0.5, 0.6) is 11.5 Å². The van der Waals surface area contributed by atoms with Gasteiger partial charge in [-0.05, 0) is 36.4 Å². The fraction of sp³-hybridized carbons (Fsp3) is 0.200. The number of nitrogens with zero attached hydrogens (tertiary/aromatic N) is 1. The molecule has 0 saturated carbocycles. The van der Waals surface area contributed by atoms with Crippen LogP contribution in [0, 0.1) is 0 Å². The molecule has 6 heteroatoms. The van der Waals surface area contributed by atoms with Gasteiger partial charge in [-0.15, -0.1) is 11.3 Å². The largest absolute Gasteiger partial charge is 0.497 e. The van der Waals surface area contributed by atoms with Gasteiger partial charge in [-0.1, -0.05) is 12.1 Å². The third kappa shape index (κ3) is 4.40. The molecule has 0 radical (unpaired) electrons. The first-order valence-corrected chi connectivity index (χ1v) is 9.08. The minimum Gasteiger partial charge on any atom is -0.497 e. The van der Waals surface area contributed by atoms with E-state index in [1.807, 2.05) is 29.6 Å². The van der Waals surface area contributed by atoms with Crippen LogP contribution in [0.1, 0.15) is 16.1 Å². The Morgan fingerprint density at radius 1 is 1.08 bits per heavy atom. The van der Waals surface area contributed by atoms with Crippen LogP contribution in [0.3, 0.4) is 0 Å². The summed E-state index contributed by atoms with van der Waals surface area (Å²) in [7, 11) is 3.25. The highest BCUT2D eigenvalue weighted by atomic mass is 32.1. The minimum absolute atomic E-state index is 0.101. The topological polar surface area (TPSA) is 60.5 Å². The second-order valence-electron chi connectivity index (χ2n) is 5.61. The molecule has 3 rings (SSSR count). The molecule has 1 heterocycles. The maximum absolute atomic E-state index is 12.1. The number of carbonyl (C=O) groups is 1. The van der Waals surface area contributed by atoms with Gasteiger partial charge in [-0.3, -0.25) is 4.79 Å². The molecule has 0 unspecified atom stereocenters. The second-order valence-corrected chi connectivity index (χ2v) is 6.47. The van der Waals surface area contributed by atoms with Crippen molar-refractivity contribution in [3.05, 3.63) is 65.2 Å². The first-order chi connectivity index (χ1) is 12.7. The summed E-state index contributed by atoms with van der Waals surface area (Å²) >= 11 is 1.59. The molecule has 0 spiro atoms. The fourth-order valence-corrected chi connectivity index (χ4v) is 3.31. The molecule has 0 bridgehead atoms. The van der Waals surface area contributed by atoms with Crippen molar-refractivity contribution in [2.24, 2.45) is 0 Å². The molecule has 3 aromatic rings. The molecule has 2 aromatic carbocycles. The molecule has 0 fully saturated rings. The monoisotopic (exact) mass is 368 g/mol. The smallest absolute Gasteiger partial charge is 0.251 e. The number of hydrogen-bond donors (Lipinski definition) is 1. The van der Waals surface area contributed by atoms with E-state index >= 15 is 0 Å². The number of amides is 1. The van der Waals surface area contributed by atoms with Gasteiger partial charge in [0.15, 0.2) is 0 Å². The van der Waals surface area contributed by atoms with E-state index in [9.17, 15) is 4.79 Å². The second kappa shape index (κ2) is 8.49. The molecule has 0 aliphatic heterocycles. The molecule has 0 atom stereocenters. The van der Waals surface area contributed by atoms with E-state index in [1.165, 1.54) is 0 Å². The molecular formula is C20H20N2O3S. The third-order valence-corrected chi connectivity index (χ3v) is 4.83. The minimum atomic E-state index is -0.101. The van der Waals surface area contributed by atoms with Crippen LogP contribution in [0.25, 0.3) is 10.6 Å². The summed E-state index contributed by atoms with van der Waals surface area (Å²) in [6, 6.07) is 14.9. The molecule has 1 aromatic heterocycles. The van der Waals surface area contributed by atoms with Crippen LogP contribution in [-0.2, 0) is 6.42 Å². The predicted octanol–water partition coefficient (Wildman–Crippen LogP) is 3.80.